The highest BCUT2D eigenvalue weighted by molar-refractivity contribution is 6.01. The van der Waals surface area contributed by atoms with E-state index in [2.05, 4.69) is 10.6 Å². The first-order valence-corrected chi connectivity index (χ1v) is 6.67. The van der Waals surface area contributed by atoms with Gasteiger partial charge in [-0.1, -0.05) is 18.2 Å². The molecular weight excluding hydrogens is 258 g/mol. The lowest BCUT2D eigenvalue weighted by Crippen LogP contribution is -2.48. The average Bonchev–Trinajstić information content (AvgIpc) is 2.83. The fourth-order valence-electron chi connectivity index (χ4n) is 2.38. The summed E-state index contributed by atoms with van der Waals surface area (Å²) in [7, 11) is 1.85. The Morgan fingerprint density at radius 1 is 1.35 bits per heavy atom. The Morgan fingerprint density at radius 3 is 2.80 bits per heavy atom. The minimum atomic E-state index is -0.980. The lowest BCUT2D eigenvalue weighted by Gasteiger charge is -2.23. The quantitative estimate of drug-likeness (QED) is 0.696. The third kappa shape index (κ3) is 2.91. The van der Waals surface area contributed by atoms with Crippen LogP contribution >= 0.6 is 0 Å². The zero-order valence-electron chi connectivity index (χ0n) is 11.4. The van der Waals surface area contributed by atoms with Crippen LogP contribution in [0.2, 0.25) is 0 Å². The number of nitrogens with zero attached hydrogens (tertiary/aromatic N) is 1. The maximum atomic E-state index is 12.2. The molecule has 1 heterocycles. The number of nitrogens with one attached hydrogen (secondary N) is 2. The molecule has 1 atom stereocenters. The average molecular weight is 277 g/mol. The van der Waals surface area contributed by atoms with Crippen molar-refractivity contribution in [3.05, 3.63) is 29.8 Å². The van der Waals surface area contributed by atoms with Crippen molar-refractivity contribution in [3.63, 3.8) is 0 Å². The van der Waals surface area contributed by atoms with Crippen LogP contribution in [-0.4, -0.2) is 43.3 Å². The third-order valence-corrected chi connectivity index (χ3v) is 3.36. The smallest absolute Gasteiger partial charge is 0.327 e. The summed E-state index contributed by atoms with van der Waals surface area (Å²) in [5.74, 6) is -0.980. The van der Waals surface area contributed by atoms with Crippen LogP contribution in [0.5, 0.6) is 0 Å². The number of hydrogen-bond acceptors (Lipinski definition) is 3. The van der Waals surface area contributed by atoms with Gasteiger partial charge in [0.25, 0.3) is 0 Å². The molecule has 3 N–H and O–H groups in total. The number of para-hydroxylation sites is 1. The number of urea groups is 1. The lowest BCUT2D eigenvalue weighted by atomic mass is 10.1. The normalized spacial score (nSPS) is 16.9. The summed E-state index contributed by atoms with van der Waals surface area (Å²) in [5, 5.41) is 15.0. The van der Waals surface area contributed by atoms with Crippen LogP contribution in [-0.2, 0) is 11.2 Å². The van der Waals surface area contributed by atoms with Crippen molar-refractivity contribution in [3.8, 4) is 0 Å². The molecule has 1 aromatic carbocycles. The molecule has 6 nitrogen and oxygen atoms in total. The van der Waals surface area contributed by atoms with Crippen LogP contribution in [0.4, 0.5) is 10.5 Å². The maximum Gasteiger partial charge on any atom is 0.327 e. The molecule has 20 heavy (non-hydrogen) atoms. The maximum absolute atomic E-state index is 12.2. The van der Waals surface area contributed by atoms with Crippen molar-refractivity contribution < 1.29 is 14.7 Å². The second kappa shape index (κ2) is 6.38. The van der Waals surface area contributed by atoms with Crippen LogP contribution in [0.3, 0.4) is 0 Å². The van der Waals surface area contributed by atoms with Gasteiger partial charge in [0.05, 0.1) is 0 Å². The predicted molar refractivity (Wildman–Crippen MR) is 76.0 cm³/mol. The van der Waals surface area contributed by atoms with Crippen molar-refractivity contribution in [1.82, 2.24) is 10.6 Å². The molecule has 0 saturated carbocycles. The van der Waals surface area contributed by atoms with Crippen LogP contribution in [0, 0.1) is 0 Å². The van der Waals surface area contributed by atoms with Crippen LogP contribution < -0.4 is 15.5 Å². The number of fused-ring (bicyclic) bond motifs is 1. The van der Waals surface area contributed by atoms with Gasteiger partial charge < -0.3 is 15.7 Å². The highest BCUT2D eigenvalue weighted by atomic mass is 16.4. The second-order valence-electron chi connectivity index (χ2n) is 4.75. The van der Waals surface area contributed by atoms with Crippen LogP contribution in [0.1, 0.15) is 12.0 Å². The number of amides is 2. The van der Waals surface area contributed by atoms with Gasteiger partial charge in [-0.2, -0.15) is 0 Å². The molecule has 1 aromatic rings. The van der Waals surface area contributed by atoms with Crippen LogP contribution in [0.25, 0.3) is 0 Å². The summed E-state index contributed by atoms with van der Waals surface area (Å²) in [4.78, 5) is 24.9. The molecule has 0 aromatic heterocycles. The molecule has 0 spiro atoms. The first-order valence-electron chi connectivity index (χ1n) is 6.67. The molecular formula is C14H19N3O3. The van der Waals surface area contributed by atoms with Gasteiger partial charge in [0.2, 0.25) is 0 Å². The number of carbonyl (C=O) groups is 2. The number of rotatable bonds is 5. The molecule has 0 bridgehead atoms. The Hall–Kier alpha value is -2.08. The highest BCUT2D eigenvalue weighted by Gasteiger charge is 2.38. The topological polar surface area (TPSA) is 81.7 Å². The molecule has 0 saturated heterocycles. The molecule has 1 aliphatic heterocycles. The molecule has 1 aliphatic rings. The Bertz CT molecular complexity index is 504. The van der Waals surface area contributed by atoms with Gasteiger partial charge in [-0.25, -0.2) is 9.59 Å². The molecule has 0 unspecified atom stereocenters. The number of benzene rings is 1. The van der Waals surface area contributed by atoms with Gasteiger partial charge in [0.1, 0.15) is 6.04 Å². The van der Waals surface area contributed by atoms with Gasteiger partial charge in [-0.15, -0.1) is 0 Å². The van der Waals surface area contributed by atoms with Gasteiger partial charge >= 0.3 is 12.0 Å². The van der Waals surface area contributed by atoms with E-state index < -0.39 is 12.0 Å². The summed E-state index contributed by atoms with van der Waals surface area (Å²) in [5.41, 5.74) is 1.58. The number of anilines is 1. The van der Waals surface area contributed by atoms with Gasteiger partial charge in [0, 0.05) is 18.7 Å². The third-order valence-electron chi connectivity index (χ3n) is 3.36. The van der Waals surface area contributed by atoms with E-state index in [1.807, 2.05) is 25.2 Å². The van der Waals surface area contributed by atoms with Crippen LogP contribution in [0.15, 0.2) is 24.3 Å². The molecule has 6 heteroatoms. The molecule has 2 rings (SSSR count). The number of carbonyl (C=O) groups excluding carboxylic acids is 1. The van der Waals surface area contributed by atoms with Crippen molar-refractivity contribution in [2.75, 3.05) is 25.0 Å². The Balaban J connectivity index is 2.10. The van der Waals surface area contributed by atoms with E-state index in [0.29, 0.717) is 18.7 Å². The second-order valence-corrected chi connectivity index (χ2v) is 4.75. The fourth-order valence-corrected chi connectivity index (χ4v) is 2.38. The van der Waals surface area contributed by atoms with Crippen molar-refractivity contribution in [2.45, 2.75) is 18.9 Å². The number of hydrogen-bond donors (Lipinski definition) is 3. The van der Waals surface area contributed by atoms with E-state index in [1.165, 1.54) is 4.90 Å². The largest absolute Gasteiger partial charge is 0.480 e. The number of carboxylic acid groups (broad SMARTS) is 1. The fraction of sp³-hybridized carbons (Fsp3) is 0.429. The van der Waals surface area contributed by atoms with E-state index in [0.717, 1.165) is 18.5 Å². The minimum absolute atomic E-state index is 0.349. The lowest BCUT2D eigenvalue weighted by molar-refractivity contribution is -0.138. The van der Waals surface area contributed by atoms with Gasteiger partial charge in [-0.3, -0.25) is 4.90 Å². The number of carboxylic acids is 1. The summed E-state index contributed by atoms with van der Waals surface area (Å²) in [6.07, 6.45) is 1.16. The van der Waals surface area contributed by atoms with E-state index in [-0.39, 0.29) is 6.03 Å². The van der Waals surface area contributed by atoms with Gasteiger partial charge in [-0.05, 0) is 31.6 Å². The van der Waals surface area contributed by atoms with Crippen molar-refractivity contribution >= 4 is 17.7 Å². The molecule has 0 fully saturated rings. The van der Waals surface area contributed by atoms with Gasteiger partial charge in [0.15, 0.2) is 0 Å². The zero-order chi connectivity index (χ0) is 14.5. The standard InChI is InChI=1S/C14H19N3O3/c1-15-7-4-8-16-14(20)17-11-6-3-2-5-10(11)9-12(17)13(18)19/h2-3,5-6,12,15H,4,7-9H2,1H3,(H,16,20)(H,18,19)/t12-/m0/s1. The molecule has 0 aliphatic carbocycles. The SMILES string of the molecule is CNCCCNC(=O)N1c2ccccc2C[C@H]1C(=O)O. The Kier molecular flexibility index (Phi) is 4.57. The minimum Gasteiger partial charge on any atom is -0.480 e. The summed E-state index contributed by atoms with van der Waals surface area (Å²) < 4.78 is 0. The first kappa shape index (κ1) is 14.3. The number of aliphatic carboxylic acids is 1. The predicted octanol–water partition coefficient (Wildman–Crippen LogP) is 0.821. The summed E-state index contributed by atoms with van der Waals surface area (Å²) in [6, 6.07) is 6.14. The van der Waals surface area contributed by atoms with E-state index in [1.54, 1.807) is 6.07 Å². The van der Waals surface area contributed by atoms with E-state index in [4.69, 9.17) is 0 Å². The zero-order valence-corrected chi connectivity index (χ0v) is 11.4. The van der Waals surface area contributed by atoms with E-state index >= 15 is 0 Å². The monoisotopic (exact) mass is 277 g/mol. The highest BCUT2D eigenvalue weighted by Crippen LogP contribution is 2.32. The van der Waals surface area contributed by atoms with E-state index in [9.17, 15) is 14.7 Å². The molecule has 2 amide bonds. The van der Waals surface area contributed by atoms with Crippen molar-refractivity contribution in [1.29, 1.82) is 0 Å². The summed E-state index contributed by atoms with van der Waals surface area (Å²) >= 11 is 0. The Morgan fingerprint density at radius 2 is 2.10 bits per heavy atom. The molecule has 108 valence electrons. The van der Waals surface area contributed by atoms with Crippen molar-refractivity contribution in [2.24, 2.45) is 0 Å². The Labute approximate surface area is 117 Å². The summed E-state index contributed by atoms with van der Waals surface area (Å²) in [6.45, 7) is 1.32. The first-order chi connectivity index (χ1) is 9.65. The molecule has 0 radical (unpaired) electrons.